The first-order valence-corrected chi connectivity index (χ1v) is 7.08. The van der Waals surface area contributed by atoms with Crippen molar-refractivity contribution in [3.8, 4) is 0 Å². The molecule has 0 aliphatic heterocycles. The Hall–Kier alpha value is -1.28. The van der Waals surface area contributed by atoms with Crippen molar-refractivity contribution in [2.75, 3.05) is 0 Å². The van der Waals surface area contributed by atoms with Crippen molar-refractivity contribution < 1.29 is 0 Å². The van der Waals surface area contributed by atoms with Gasteiger partial charge in [0, 0.05) is 29.7 Å². The third kappa shape index (κ3) is 2.75. The van der Waals surface area contributed by atoms with Gasteiger partial charge in [0.2, 0.25) is 0 Å². The van der Waals surface area contributed by atoms with Gasteiger partial charge >= 0.3 is 0 Å². The van der Waals surface area contributed by atoms with Gasteiger partial charge in [-0.15, -0.1) is 0 Å². The van der Waals surface area contributed by atoms with Crippen LogP contribution in [0.2, 0.25) is 0 Å². The normalized spacial score (nSPS) is 13.1. The molecule has 18 heavy (non-hydrogen) atoms. The van der Waals surface area contributed by atoms with Crippen LogP contribution in [0, 0.1) is 0 Å². The highest BCUT2D eigenvalue weighted by Crippen LogP contribution is 2.22. The molecule has 0 amide bonds. The molecule has 1 atom stereocenters. The molecular formula is C16H24N2. The minimum absolute atomic E-state index is 0.273. The van der Waals surface area contributed by atoms with E-state index in [0.717, 1.165) is 19.4 Å². The summed E-state index contributed by atoms with van der Waals surface area (Å²) in [5, 5.41) is 1.37. The summed E-state index contributed by atoms with van der Waals surface area (Å²) >= 11 is 0. The number of hydrogen-bond acceptors (Lipinski definition) is 1. The van der Waals surface area contributed by atoms with Gasteiger partial charge in [-0.25, -0.2) is 0 Å². The molecule has 0 fully saturated rings. The quantitative estimate of drug-likeness (QED) is 0.825. The van der Waals surface area contributed by atoms with E-state index in [1.807, 2.05) is 0 Å². The monoisotopic (exact) mass is 244 g/mol. The average Bonchev–Trinajstić information content (AvgIpc) is 2.80. The minimum atomic E-state index is 0.273. The summed E-state index contributed by atoms with van der Waals surface area (Å²) in [6, 6.07) is 9.09. The molecule has 0 aliphatic carbocycles. The number of nitrogens with two attached hydrogens (primary N) is 1. The lowest BCUT2D eigenvalue weighted by atomic mass is 10.0. The van der Waals surface area contributed by atoms with Crippen LogP contribution in [0.25, 0.3) is 10.9 Å². The maximum Gasteiger partial charge on any atom is 0.0483 e. The first kappa shape index (κ1) is 13.2. The summed E-state index contributed by atoms with van der Waals surface area (Å²) < 4.78 is 2.36. The molecule has 0 aliphatic rings. The van der Waals surface area contributed by atoms with Crippen LogP contribution < -0.4 is 5.73 Å². The molecule has 2 aromatic rings. The Morgan fingerprint density at radius 1 is 1.22 bits per heavy atom. The number of nitrogens with zero attached hydrogens (tertiary/aromatic N) is 1. The molecule has 1 aromatic carbocycles. The lowest BCUT2D eigenvalue weighted by Crippen LogP contribution is -2.21. The average molecular weight is 244 g/mol. The van der Waals surface area contributed by atoms with Crippen LogP contribution in [-0.4, -0.2) is 10.6 Å². The third-order valence-electron chi connectivity index (χ3n) is 3.66. The van der Waals surface area contributed by atoms with E-state index in [-0.39, 0.29) is 6.04 Å². The molecule has 1 aromatic heterocycles. The molecule has 0 radical (unpaired) electrons. The highest BCUT2D eigenvalue weighted by Gasteiger charge is 2.08. The summed E-state index contributed by atoms with van der Waals surface area (Å²) in [6.45, 7) is 5.50. The summed E-state index contributed by atoms with van der Waals surface area (Å²) in [5.74, 6) is 0. The molecule has 2 heteroatoms. The van der Waals surface area contributed by atoms with Crippen molar-refractivity contribution in [3.63, 3.8) is 0 Å². The van der Waals surface area contributed by atoms with Crippen molar-refractivity contribution in [1.82, 2.24) is 4.57 Å². The smallest absolute Gasteiger partial charge is 0.0483 e. The number of aromatic nitrogens is 1. The van der Waals surface area contributed by atoms with Gasteiger partial charge in [-0.05, 0) is 37.0 Å². The number of aryl methyl sites for hydroxylation is 1. The van der Waals surface area contributed by atoms with Gasteiger partial charge in [-0.1, -0.05) is 32.4 Å². The largest absolute Gasteiger partial charge is 0.347 e. The highest BCUT2D eigenvalue weighted by atomic mass is 14.9. The summed E-state index contributed by atoms with van der Waals surface area (Å²) in [6.07, 6.45) is 6.70. The van der Waals surface area contributed by atoms with Crippen molar-refractivity contribution in [1.29, 1.82) is 0 Å². The summed E-state index contributed by atoms with van der Waals surface area (Å²) in [5.41, 5.74) is 8.81. The molecule has 1 unspecified atom stereocenters. The predicted molar refractivity (Wildman–Crippen MR) is 78.8 cm³/mol. The number of hydrogen-bond donors (Lipinski definition) is 1. The lowest BCUT2D eigenvalue weighted by molar-refractivity contribution is 0.646. The molecule has 1 heterocycles. The third-order valence-corrected chi connectivity index (χ3v) is 3.66. The number of benzene rings is 1. The molecular weight excluding hydrogens is 220 g/mol. The minimum Gasteiger partial charge on any atom is -0.347 e. The SMILES string of the molecule is CCCCn1ccc2c(CC(N)CC)cccc21. The van der Waals surface area contributed by atoms with Crippen molar-refractivity contribution in [2.45, 2.75) is 52.1 Å². The Morgan fingerprint density at radius 2 is 2.06 bits per heavy atom. The second-order valence-electron chi connectivity index (χ2n) is 5.09. The molecule has 2 rings (SSSR count). The maximum absolute atomic E-state index is 6.08. The van der Waals surface area contributed by atoms with Crippen LogP contribution in [0.15, 0.2) is 30.5 Å². The van der Waals surface area contributed by atoms with Crippen LogP contribution in [0.1, 0.15) is 38.7 Å². The van der Waals surface area contributed by atoms with Gasteiger partial charge in [0.05, 0.1) is 0 Å². The lowest BCUT2D eigenvalue weighted by Gasteiger charge is -2.10. The van der Waals surface area contributed by atoms with E-state index >= 15 is 0 Å². The van der Waals surface area contributed by atoms with Crippen LogP contribution >= 0.6 is 0 Å². The standard InChI is InChI=1S/C16H24N2/c1-3-5-10-18-11-9-15-13(12-14(17)4-2)7-6-8-16(15)18/h6-9,11,14H,3-5,10,12,17H2,1-2H3. The molecule has 0 saturated heterocycles. The van der Waals surface area contributed by atoms with E-state index < -0.39 is 0 Å². The van der Waals surface area contributed by atoms with E-state index in [2.05, 4.69) is 48.9 Å². The van der Waals surface area contributed by atoms with E-state index in [4.69, 9.17) is 5.73 Å². The topological polar surface area (TPSA) is 30.9 Å². The first-order valence-electron chi connectivity index (χ1n) is 7.08. The Morgan fingerprint density at radius 3 is 2.78 bits per heavy atom. The van der Waals surface area contributed by atoms with Crippen LogP contribution in [0.3, 0.4) is 0 Å². The second-order valence-corrected chi connectivity index (χ2v) is 5.09. The summed E-state index contributed by atoms with van der Waals surface area (Å²) in [7, 11) is 0. The van der Waals surface area contributed by atoms with Crippen LogP contribution in [-0.2, 0) is 13.0 Å². The number of fused-ring (bicyclic) bond motifs is 1. The zero-order valence-corrected chi connectivity index (χ0v) is 11.5. The van der Waals surface area contributed by atoms with Crippen LogP contribution in [0.5, 0.6) is 0 Å². The highest BCUT2D eigenvalue weighted by molar-refractivity contribution is 5.83. The fraction of sp³-hybridized carbons (Fsp3) is 0.500. The predicted octanol–water partition coefficient (Wildman–Crippen LogP) is 3.72. The molecule has 0 bridgehead atoms. The molecule has 2 nitrogen and oxygen atoms in total. The second kappa shape index (κ2) is 6.05. The fourth-order valence-corrected chi connectivity index (χ4v) is 2.42. The molecule has 2 N–H and O–H groups in total. The Balaban J connectivity index is 2.30. The Bertz CT molecular complexity index is 499. The van der Waals surface area contributed by atoms with E-state index in [1.54, 1.807) is 0 Å². The van der Waals surface area contributed by atoms with Crippen LogP contribution in [0.4, 0.5) is 0 Å². The van der Waals surface area contributed by atoms with Gasteiger partial charge in [0.15, 0.2) is 0 Å². The molecule has 0 spiro atoms. The van der Waals surface area contributed by atoms with Crippen molar-refractivity contribution in [2.24, 2.45) is 5.73 Å². The van der Waals surface area contributed by atoms with Crippen molar-refractivity contribution in [3.05, 3.63) is 36.0 Å². The van der Waals surface area contributed by atoms with E-state index in [9.17, 15) is 0 Å². The number of unbranched alkanes of at least 4 members (excludes halogenated alkanes) is 1. The van der Waals surface area contributed by atoms with E-state index in [0.29, 0.717) is 0 Å². The van der Waals surface area contributed by atoms with Gasteiger partial charge in [0.25, 0.3) is 0 Å². The first-order chi connectivity index (χ1) is 8.76. The van der Waals surface area contributed by atoms with Gasteiger partial charge in [-0.2, -0.15) is 0 Å². The Kier molecular flexibility index (Phi) is 4.43. The maximum atomic E-state index is 6.08. The fourth-order valence-electron chi connectivity index (χ4n) is 2.42. The Labute approximate surface area is 110 Å². The van der Waals surface area contributed by atoms with Gasteiger partial charge < -0.3 is 10.3 Å². The van der Waals surface area contributed by atoms with Gasteiger partial charge in [0.1, 0.15) is 0 Å². The van der Waals surface area contributed by atoms with Gasteiger partial charge in [-0.3, -0.25) is 0 Å². The zero-order valence-electron chi connectivity index (χ0n) is 11.5. The van der Waals surface area contributed by atoms with Crippen molar-refractivity contribution >= 4 is 10.9 Å². The molecule has 0 saturated carbocycles. The zero-order chi connectivity index (χ0) is 13.0. The van der Waals surface area contributed by atoms with E-state index in [1.165, 1.54) is 29.3 Å². The molecule has 98 valence electrons. The number of rotatable bonds is 6. The summed E-state index contributed by atoms with van der Waals surface area (Å²) in [4.78, 5) is 0.